The zero-order chi connectivity index (χ0) is 15.3. The van der Waals surface area contributed by atoms with Gasteiger partial charge in [-0.3, -0.25) is 4.79 Å². The Bertz CT molecular complexity index is 342. The van der Waals surface area contributed by atoms with Crippen LogP contribution < -0.4 is 10.6 Å². The van der Waals surface area contributed by atoms with Crippen LogP contribution in [0.25, 0.3) is 0 Å². The summed E-state index contributed by atoms with van der Waals surface area (Å²) in [6.45, 7) is 10.4. The highest BCUT2D eigenvalue weighted by molar-refractivity contribution is 5.87. The van der Waals surface area contributed by atoms with Crippen LogP contribution in [0.1, 0.15) is 53.9 Å². The minimum Gasteiger partial charge on any atom is -0.458 e. The van der Waals surface area contributed by atoms with Crippen LogP contribution in [0.5, 0.6) is 0 Å². The molecule has 20 heavy (non-hydrogen) atoms. The van der Waals surface area contributed by atoms with Crippen molar-refractivity contribution < 1.29 is 14.3 Å². The molecule has 0 aliphatic carbocycles. The molecule has 116 valence electrons. The van der Waals surface area contributed by atoms with Crippen molar-refractivity contribution in [3.8, 4) is 0 Å². The third kappa shape index (κ3) is 5.90. The van der Waals surface area contributed by atoms with E-state index < -0.39 is 11.6 Å². The maximum absolute atomic E-state index is 12.2. The van der Waals surface area contributed by atoms with Gasteiger partial charge in [0.05, 0.1) is 6.04 Å². The normalized spacial score (nSPS) is 20.8. The van der Waals surface area contributed by atoms with Gasteiger partial charge in [0.1, 0.15) is 11.6 Å². The van der Waals surface area contributed by atoms with Crippen molar-refractivity contribution in [2.75, 3.05) is 6.54 Å². The Kier molecular flexibility index (Phi) is 5.99. The van der Waals surface area contributed by atoms with Gasteiger partial charge >= 0.3 is 5.97 Å². The zero-order valence-electron chi connectivity index (χ0n) is 13.3. The molecule has 1 saturated heterocycles. The van der Waals surface area contributed by atoms with E-state index in [0.29, 0.717) is 12.3 Å². The number of hydrogen-bond donors (Lipinski definition) is 2. The number of nitrogens with one attached hydrogen (secondary N) is 2. The number of hydrogen-bond acceptors (Lipinski definition) is 4. The summed E-state index contributed by atoms with van der Waals surface area (Å²) in [4.78, 5) is 24.3. The number of carbonyl (C=O) groups is 2. The van der Waals surface area contributed by atoms with Crippen molar-refractivity contribution in [3.63, 3.8) is 0 Å². The molecule has 0 radical (unpaired) electrons. The molecule has 2 atom stereocenters. The molecule has 0 aromatic carbocycles. The maximum Gasteiger partial charge on any atom is 0.329 e. The van der Waals surface area contributed by atoms with E-state index in [9.17, 15) is 9.59 Å². The van der Waals surface area contributed by atoms with Gasteiger partial charge in [-0.2, -0.15) is 0 Å². The molecule has 0 unspecified atom stereocenters. The predicted octanol–water partition coefficient (Wildman–Crippen LogP) is 1.61. The molecule has 1 heterocycles. The van der Waals surface area contributed by atoms with Crippen LogP contribution in [0, 0.1) is 5.92 Å². The molecular weight excluding hydrogens is 256 g/mol. The standard InChI is InChI=1S/C15H28N2O3/c1-10(2)9-12(14(19)20-15(3,4)5)17-13(18)11-7-6-8-16-11/h10-12,16H,6-9H2,1-5H3,(H,17,18)/t11-,12-/m0/s1. The first kappa shape index (κ1) is 17.0. The van der Waals surface area contributed by atoms with Gasteiger partial charge in [0.15, 0.2) is 0 Å². The van der Waals surface area contributed by atoms with Crippen molar-refractivity contribution in [2.45, 2.75) is 71.6 Å². The fraction of sp³-hybridized carbons (Fsp3) is 0.867. The zero-order valence-corrected chi connectivity index (χ0v) is 13.3. The molecule has 1 fully saturated rings. The molecule has 0 aromatic heterocycles. The first-order valence-corrected chi connectivity index (χ1v) is 7.45. The summed E-state index contributed by atoms with van der Waals surface area (Å²) in [5.41, 5.74) is -0.539. The van der Waals surface area contributed by atoms with Gasteiger partial charge in [-0.1, -0.05) is 13.8 Å². The number of amides is 1. The van der Waals surface area contributed by atoms with E-state index in [1.54, 1.807) is 0 Å². The Morgan fingerprint density at radius 1 is 1.35 bits per heavy atom. The van der Waals surface area contributed by atoms with Crippen molar-refractivity contribution >= 4 is 11.9 Å². The van der Waals surface area contributed by atoms with Crippen molar-refractivity contribution in [2.24, 2.45) is 5.92 Å². The second-order valence-corrected chi connectivity index (χ2v) is 6.87. The van der Waals surface area contributed by atoms with E-state index >= 15 is 0 Å². The number of carbonyl (C=O) groups excluding carboxylic acids is 2. The lowest BCUT2D eigenvalue weighted by atomic mass is 10.0. The van der Waals surface area contributed by atoms with Gasteiger partial charge in [-0.25, -0.2) is 4.79 Å². The molecular formula is C15H28N2O3. The average Bonchev–Trinajstić information content (AvgIpc) is 2.78. The number of rotatable bonds is 5. The van der Waals surface area contributed by atoms with Crippen LogP contribution in [-0.2, 0) is 14.3 Å². The molecule has 2 N–H and O–H groups in total. The molecule has 1 aliphatic heterocycles. The third-order valence-corrected chi connectivity index (χ3v) is 3.09. The summed E-state index contributed by atoms with van der Waals surface area (Å²) >= 11 is 0. The minimum absolute atomic E-state index is 0.0981. The SMILES string of the molecule is CC(C)C[C@H](NC(=O)[C@@H]1CCCN1)C(=O)OC(C)(C)C. The monoisotopic (exact) mass is 284 g/mol. The van der Waals surface area contributed by atoms with Gasteiger partial charge in [0.25, 0.3) is 0 Å². The first-order chi connectivity index (χ1) is 9.19. The Morgan fingerprint density at radius 2 is 2.00 bits per heavy atom. The predicted molar refractivity (Wildman–Crippen MR) is 78.3 cm³/mol. The lowest BCUT2D eigenvalue weighted by molar-refractivity contribution is -0.159. The van der Waals surface area contributed by atoms with E-state index in [4.69, 9.17) is 4.74 Å². The summed E-state index contributed by atoms with van der Waals surface area (Å²) < 4.78 is 5.39. The number of esters is 1. The van der Waals surface area contributed by atoms with Crippen molar-refractivity contribution in [1.82, 2.24) is 10.6 Å². The average molecular weight is 284 g/mol. The minimum atomic E-state index is -0.566. The molecule has 1 amide bonds. The highest BCUT2D eigenvalue weighted by Gasteiger charge is 2.30. The van der Waals surface area contributed by atoms with E-state index in [-0.39, 0.29) is 17.9 Å². The van der Waals surface area contributed by atoms with Crippen LogP contribution in [0.3, 0.4) is 0 Å². The van der Waals surface area contributed by atoms with Gasteiger partial charge in [0, 0.05) is 0 Å². The molecule has 0 bridgehead atoms. The second-order valence-electron chi connectivity index (χ2n) is 6.87. The molecule has 1 rings (SSSR count). The fourth-order valence-corrected chi connectivity index (χ4v) is 2.24. The lowest BCUT2D eigenvalue weighted by Gasteiger charge is -2.26. The van der Waals surface area contributed by atoms with Crippen molar-refractivity contribution in [3.05, 3.63) is 0 Å². The summed E-state index contributed by atoms with van der Waals surface area (Å²) in [5.74, 6) is -0.138. The van der Waals surface area contributed by atoms with E-state index in [2.05, 4.69) is 10.6 Å². The Hall–Kier alpha value is -1.10. The summed E-state index contributed by atoms with van der Waals surface area (Å²) in [6.07, 6.45) is 2.42. The smallest absolute Gasteiger partial charge is 0.329 e. The second kappa shape index (κ2) is 7.07. The van der Waals surface area contributed by atoms with Crippen LogP contribution >= 0.6 is 0 Å². The Morgan fingerprint density at radius 3 is 2.45 bits per heavy atom. The van der Waals surface area contributed by atoms with E-state index in [0.717, 1.165) is 19.4 Å². The molecule has 1 aliphatic rings. The van der Waals surface area contributed by atoms with Crippen LogP contribution in [0.2, 0.25) is 0 Å². The van der Waals surface area contributed by atoms with Gasteiger partial charge in [-0.15, -0.1) is 0 Å². The van der Waals surface area contributed by atoms with Gasteiger partial charge < -0.3 is 15.4 Å². The molecule has 5 heteroatoms. The summed E-state index contributed by atoms with van der Waals surface area (Å²) in [5, 5.41) is 5.97. The highest BCUT2D eigenvalue weighted by atomic mass is 16.6. The maximum atomic E-state index is 12.2. The van der Waals surface area contributed by atoms with Gasteiger partial charge in [-0.05, 0) is 52.5 Å². The Balaban J connectivity index is 2.63. The summed E-state index contributed by atoms with van der Waals surface area (Å²) in [7, 11) is 0. The molecule has 0 spiro atoms. The molecule has 0 aromatic rings. The fourth-order valence-electron chi connectivity index (χ4n) is 2.24. The quantitative estimate of drug-likeness (QED) is 0.753. The van der Waals surface area contributed by atoms with Crippen LogP contribution in [0.15, 0.2) is 0 Å². The largest absolute Gasteiger partial charge is 0.458 e. The lowest BCUT2D eigenvalue weighted by Crippen LogP contribution is -2.50. The topological polar surface area (TPSA) is 67.4 Å². The molecule has 5 nitrogen and oxygen atoms in total. The summed E-state index contributed by atoms with van der Waals surface area (Å²) in [6, 6.07) is -0.740. The van der Waals surface area contributed by atoms with Gasteiger partial charge in [0.2, 0.25) is 5.91 Å². The first-order valence-electron chi connectivity index (χ1n) is 7.45. The highest BCUT2D eigenvalue weighted by Crippen LogP contribution is 2.14. The molecule has 0 saturated carbocycles. The van der Waals surface area contributed by atoms with E-state index in [1.165, 1.54) is 0 Å². The van der Waals surface area contributed by atoms with Crippen molar-refractivity contribution in [1.29, 1.82) is 0 Å². The third-order valence-electron chi connectivity index (χ3n) is 3.09. The van der Waals surface area contributed by atoms with Crippen LogP contribution in [-0.4, -0.2) is 36.1 Å². The Labute approximate surface area is 121 Å². The van der Waals surface area contributed by atoms with E-state index in [1.807, 2.05) is 34.6 Å². The van der Waals surface area contributed by atoms with Crippen LogP contribution in [0.4, 0.5) is 0 Å². The number of ether oxygens (including phenoxy) is 1.